The molecule has 2 aromatic carbocycles. The Morgan fingerprint density at radius 1 is 1.08 bits per heavy atom. The van der Waals surface area contributed by atoms with Crippen molar-refractivity contribution in [2.24, 2.45) is 0 Å². The molecular weight excluding hydrogens is 363 g/mol. The Labute approximate surface area is 157 Å². The fourth-order valence-corrected chi connectivity index (χ4v) is 2.76. The van der Waals surface area contributed by atoms with Crippen LogP contribution in [0.2, 0.25) is 10.0 Å². The average Bonchev–Trinajstić information content (AvgIpc) is 2.60. The smallest absolute Gasteiger partial charge is 0.319 e. The van der Waals surface area contributed by atoms with E-state index >= 15 is 0 Å². The van der Waals surface area contributed by atoms with Crippen LogP contribution in [0.4, 0.5) is 10.5 Å². The summed E-state index contributed by atoms with van der Waals surface area (Å²) in [6.07, 6.45) is 0.732. The molecule has 2 N–H and O–H groups in total. The number of urea groups is 1. The van der Waals surface area contributed by atoms with Gasteiger partial charge in [-0.1, -0.05) is 42.3 Å². The molecule has 1 unspecified atom stereocenters. The zero-order chi connectivity index (χ0) is 18.4. The van der Waals surface area contributed by atoms with Crippen LogP contribution < -0.4 is 20.1 Å². The molecule has 0 saturated carbocycles. The van der Waals surface area contributed by atoms with E-state index in [4.69, 9.17) is 32.7 Å². The van der Waals surface area contributed by atoms with Gasteiger partial charge in [-0.05, 0) is 30.2 Å². The molecule has 0 spiro atoms. The highest BCUT2D eigenvalue weighted by Gasteiger charge is 2.16. The van der Waals surface area contributed by atoms with Crippen molar-refractivity contribution in [1.29, 1.82) is 0 Å². The maximum atomic E-state index is 12.4. The van der Waals surface area contributed by atoms with E-state index in [2.05, 4.69) is 10.6 Å². The van der Waals surface area contributed by atoms with Gasteiger partial charge in [0.25, 0.3) is 0 Å². The molecule has 0 radical (unpaired) electrons. The summed E-state index contributed by atoms with van der Waals surface area (Å²) in [4.78, 5) is 12.4. The van der Waals surface area contributed by atoms with Gasteiger partial charge in [0, 0.05) is 11.1 Å². The Morgan fingerprint density at radius 3 is 2.28 bits per heavy atom. The van der Waals surface area contributed by atoms with Gasteiger partial charge in [0.1, 0.15) is 11.5 Å². The maximum absolute atomic E-state index is 12.4. The summed E-state index contributed by atoms with van der Waals surface area (Å²) < 4.78 is 10.4. The largest absolute Gasteiger partial charge is 0.495 e. The quantitative estimate of drug-likeness (QED) is 0.713. The molecule has 0 aliphatic carbocycles. The zero-order valence-corrected chi connectivity index (χ0v) is 15.7. The summed E-state index contributed by atoms with van der Waals surface area (Å²) in [5.74, 6) is 0.924. The Morgan fingerprint density at radius 2 is 1.72 bits per heavy atom. The lowest BCUT2D eigenvalue weighted by atomic mass is 10.1. The number of methoxy groups -OCH3 is 2. The van der Waals surface area contributed by atoms with Crippen LogP contribution in [0, 0.1) is 0 Å². The third-order valence-electron chi connectivity index (χ3n) is 3.71. The number of hydrogen-bond acceptors (Lipinski definition) is 3. The molecule has 134 valence electrons. The second-order valence-electron chi connectivity index (χ2n) is 5.30. The van der Waals surface area contributed by atoms with Crippen molar-refractivity contribution in [3.8, 4) is 11.5 Å². The summed E-state index contributed by atoms with van der Waals surface area (Å²) in [7, 11) is 3.02. The number of carbonyl (C=O) groups excluding carboxylic acids is 1. The Balaban J connectivity index is 2.13. The van der Waals surface area contributed by atoms with Crippen LogP contribution in [-0.4, -0.2) is 20.3 Å². The number of ether oxygens (including phenoxy) is 2. The maximum Gasteiger partial charge on any atom is 0.319 e. The molecule has 25 heavy (non-hydrogen) atoms. The van der Waals surface area contributed by atoms with Crippen LogP contribution in [0.25, 0.3) is 0 Å². The van der Waals surface area contributed by atoms with Gasteiger partial charge in [-0.2, -0.15) is 0 Å². The van der Waals surface area contributed by atoms with Crippen molar-refractivity contribution in [1.82, 2.24) is 5.32 Å². The van der Waals surface area contributed by atoms with Crippen molar-refractivity contribution in [3.05, 3.63) is 52.0 Å². The second kappa shape index (κ2) is 8.83. The van der Waals surface area contributed by atoms with Gasteiger partial charge in [-0.25, -0.2) is 4.79 Å². The standard InChI is InChI=1S/C18H20Cl2N2O3/c1-4-14(11-5-7-12(19)8-6-11)21-18(23)22-15-9-13(20)16(24-2)10-17(15)25-3/h5-10,14H,4H2,1-3H3,(H2,21,22,23). The van der Waals surface area contributed by atoms with E-state index in [1.54, 1.807) is 24.3 Å². The highest BCUT2D eigenvalue weighted by molar-refractivity contribution is 6.32. The van der Waals surface area contributed by atoms with Crippen molar-refractivity contribution in [2.45, 2.75) is 19.4 Å². The molecule has 0 aromatic heterocycles. The van der Waals surface area contributed by atoms with Gasteiger partial charge in [0.2, 0.25) is 0 Å². The predicted molar refractivity (Wildman–Crippen MR) is 101 cm³/mol. The monoisotopic (exact) mass is 382 g/mol. The normalized spacial score (nSPS) is 11.6. The van der Waals surface area contributed by atoms with E-state index < -0.39 is 0 Å². The molecule has 5 nitrogen and oxygen atoms in total. The predicted octanol–water partition coefficient (Wildman–Crippen LogP) is 5.28. The molecule has 2 aromatic rings. The summed E-state index contributed by atoms with van der Waals surface area (Å²) in [6.45, 7) is 1.99. The molecular formula is C18H20Cl2N2O3. The molecule has 1 atom stereocenters. The molecule has 0 aliphatic heterocycles. The van der Waals surface area contributed by atoms with Gasteiger partial charge in [-0.3, -0.25) is 0 Å². The Bertz CT molecular complexity index is 736. The number of anilines is 1. The summed E-state index contributed by atoms with van der Waals surface area (Å²) in [5.41, 5.74) is 1.43. The number of nitrogens with one attached hydrogen (secondary N) is 2. The first-order valence-corrected chi connectivity index (χ1v) is 8.48. The lowest BCUT2D eigenvalue weighted by Crippen LogP contribution is -2.32. The molecule has 2 rings (SSSR count). The van der Waals surface area contributed by atoms with Crippen molar-refractivity contribution in [2.75, 3.05) is 19.5 Å². The topological polar surface area (TPSA) is 59.6 Å². The first-order valence-electron chi connectivity index (χ1n) is 7.73. The van der Waals surface area contributed by atoms with Crippen LogP contribution in [0.3, 0.4) is 0 Å². The first kappa shape index (κ1) is 19.2. The van der Waals surface area contributed by atoms with Crippen LogP contribution in [0.5, 0.6) is 11.5 Å². The number of benzene rings is 2. The second-order valence-corrected chi connectivity index (χ2v) is 6.14. The third-order valence-corrected chi connectivity index (χ3v) is 4.26. The number of hydrogen-bond donors (Lipinski definition) is 2. The molecule has 0 heterocycles. The number of halogens is 2. The molecule has 0 bridgehead atoms. The average molecular weight is 383 g/mol. The number of amides is 2. The fourth-order valence-electron chi connectivity index (χ4n) is 2.39. The van der Waals surface area contributed by atoms with E-state index in [0.717, 1.165) is 12.0 Å². The van der Waals surface area contributed by atoms with E-state index in [-0.39, 0.29) is 12.1 Å². The van der Waals surface area contributed by atoms with Gasteiger partial charge in [-0.15, -0.1) is 0 Å². The minimum Gasteiger partial charge on any atom is -0.495 e. The van der Waals surface area contributed by atoms with Gasteiger partial charge in [0.05, 0.1) is 31.0 Å². The minimum atomic E-state index is -0.360. The van der Waals surface area contributed by atoms with Crippen LogP contribution in [-0.2, 0) is 0 Å². The van der Waals surface area contributed by atoms with Crippen molar-refractivity contribution < 1.29 is 14.3 Å². The van der Waals surface area contributed by atoms with E-state index in [9.17, 15) is 4.79 Å². The van der Waals surface area contributed by atoms with Gasteiger partial charge in [0.15, 0.2) is 0 Å². The lowest BCUT2D eigenvalue weighted by Gasteiger charge is -2.19. The number of rotatable bonds is 6. The van der Waals surface area contributed by atoms with Gasteiger partial charge >= 0.3 is 6.03 Å². The minimum absolute atomic E-state index is 0.142. The highest BCUT2D eigenvalue weighted by atomic mass is 35.5. The Hall–Kier alpha value is -2.11. The van der Waals surface area contributed by atoms with E-state index in [1.165, 1.54) is 14.2 Å². The highest BCUT2D eigenvalue weighted by Crippen LogP contribution is 2.35. The number of carbonyl (C=O) groups is 1. The molecule has 7 heteroatoms. The third kappa shape index (κ3) is 4.94. The molecule has 0 fully saturated rings. The van der Waals surface area contributed by atoms with Crippen LogP contribution in [0.1, 0.15) is 24.9 Å². The Kier molecular flexibility index (Phi) is 6.79. The molecule has 0 saturated heterocycles. The summed E-state index contributed by atoms with van der Waals surface area (Å²) in [6, 6.07) is 10.1. The first-order chi connectivity index (χ1) is 12.0. The molecule has 0 aliphatic rings. The van der Waals surface area contributed by atoms with Crippen LogP contribution >= 0.6 is 23.2 Å². The summed E-state index contributed by atoms with van der Waals surface area (Å²) >= 11 is 12.0. The summed E-state index contributed by atoms with van der Waals surface area (Å²) in [5, 5.41) is 6.72. The van der Waals surface area contributed by atoms with Crippen LogP contribution in [0.15, 0.2) is 36.4 Å². The van der Waals surface area contributed by atoms with E-state index in [1.807, 2.05) is 19.1 Å². The fraction of sp³-hybridized carbons (Fsp3) is 0.278. The van der Waals surface area contributed by atoms with Crippen molar-refractivity contribution >= 4 is 34.9 Å². The van der Waals surface area contributed by atoms with Gasteiger partial charge < -0.3 is 20.1 Å². The zero-order valence-electron chi connectivity index (χ0n) is 14.2. The van der Waals surface area contributed by atoms with E-state index in [0.29, 0.717) is 27.2 Å². The molecule has 2 amide bonds. The lowest BCUT2D eigenvalue weighted by molar-refractivity contribution is 0.248. The van der Waals surface area contributed by atoms with Crippen molar-refractivity contribution in [3.63, 3.8) is 0 Å². The SMILES string of the molecule is CCC(NC(=O)Nc1cc(Cl)c(OC)cc1OC)c1ccc(Cl)cc1.